The molecule has 3 rings (SSSR count). The van der Waals surface area contributed by atoms with E-state index in [0.717, 1.165) is 11.1 Å². The van der Waals surface area contributed by atoms with Gasteiger partial charge in [0, 0.05) is 24.2 Å². The lowest BCUT2D eigenvalue weighted by molar-refractivity contribution is 0.644. The van der Waals surface area contributed by atoms with E-state index < -0.39 is 0 Å². The summed E-state index contributed by atoms with van der Waals surface area (Å²) < 4.78 is 6.11. The van der Waals surface area contributed by atoms with Crippen molar-refractivity contribution >= 4 is 90.6 Å². The summed E-state index contributed by atoms with van der Waals surface area (Å²) in [4.78, 5) is 12.9. The number of hydrogen-bond donors (Lipinski definition) is 4. The van der Waals surface area contributed by atoms with Gasteiger partial charge in [0.2, 0.25) is 5.43 Å². The van der Waals surface area contributed by atoms with Crippen LogP contribution in [0.4, 0.5) is 0 Å². The molecule has 3 aromatic rings. The monoisotopic (exact) mass is 532 g/mol. The van der Waals surface area contributed by atoms with E-state index in [0.29, 0.717) is 35.0 Å². The summed E-state index contributed by atoms with van der Waals surface area (Å²) in [6.07, 6.45) is 0. The van der Waals surface area contributed by atoms with Crippen LogP contribution >= 0.6 is 58.4 Å². The van der Waals surface area contributed by atoms with Crippen molar-refractivity contribution in [2.45, 2.75) is 13.1 Å². The minimum Gasteiger partial charge on any atom is -0.455 e. The Morgan fingerprint density at radius 1 is 0.852 bits per heavy atom. The van der Waals surface area contributed by atoms with Crippen LogP contribution in [0.25, 0.3) is 21.9 Å². The van der Waals surface area contributed by atoms with Crippen molar-refractivity contribution in [2.24, 2.45) is 11.5 Å². The fourth-order valence-corrected chi connectivity index (χ4v) is 2.80. The molecular formula is C17H18Br2N4O2S2. The normalized spacial score (nSPS) is 9.93. The number of rotatable bonds is 4. The number of para-hydroxylation sites is 2. The van der Waals surface area contributed by atoms with Crippen LogP contribution in [0.15, 0.2) is 45.6 Å². The second-order valence-electron chi connectivity index (χ2n) is 5.45. The van der Waals surface area contributed by atoms with Crippen molar-refractivity contribution in [3.63, 3.8) is 0 Å². The quantitative estimate of drug-likeness (QED) is 0.299. The average Bonchev–Trinajstić information content (AvgIpc) is 2.58. The molecule has 1 heterocycles. The lowest BCUT2D eigenvalue weighted by Crippen LogP contribution is -2.28. The minimum atomic E-state index is -0.0920. The third kappa shape index (κ3) is 5.16. The Morgan fingerprint density at radius 3 is 1.63 bits per heavy atom. The van der Waals surface area contributed by atoms with Gasteiger partial charge in [0.1, 0.15) is 11.2 Å². The van der Waals surface area contributed by atoms with Gasteiger partial charge in [0.15, 0.2) is 10.2 Å². The number of halogens is 2. The molecule has 10 heteroatoms. The summed E-state index contributed by atoms with van der Waals surface area (Å²) in [5.74, 6) is 0. The Bertz CT molecular complexity index is 977. The Balaban J connectivity index is 0.00000182. The van der Waals surface area contributed by atoms with E-state index in [9.17, 15) is 4.79 Å². The van der Waals surface area contributed by atoms with Crippen LogP contribution in [0, 0.1) is 0 Å². The van der Waals surface area contributed by atoms with Gasteiger partial charge in [-0.1, -0.05) is 24.3 Å². The van der Waals surface area contributed by atoms with Gasteiger partial charge < -0.3 is 26.5 Å². The largest absolute Gasteiger partial charge is 0.455 e. The first-order valence-electron chi connectivity index (χ1n) is 7.50. The number of thiocarbonyl (C=S) groups is 2. The lowest BCUT2D eigenvalue weighted by Gasteiger charge is -2.11. The standard InChI is InChI=1S/C17H16N4O2S2.2BrH/c18-16(24)20-7-9-3-1-5-11-13(22)12-6-2-4-10(8-21-17(19)25)15(12)23-14(9)11;;/h1-6H,7-8H2,(H3,18,20,24)(H3,19,21,25);2*1H. The molecule has 0 unspecified atom stereocenters. The predicted octanol–water partition coefficient (Wildman–Crippen LogP) is 2.77. The molecule has 0 spiro atoms. The SMILES string of the molecule is Br.Br.NC(=S)NCc1cccc2c(=O)c3cccc(CNC(N)=S)c3oc12. The van der Waals surface area contributed by atoms with Gasteiger partial charge >= 0.3 is 0 Å². The van der Waals surface area contributed by atoms with Crippen molar-refractivity contribution in [3.8, 4) is 0 Å². The molecule has 0 saturated heterocycles. The van der Waals surface area contributed by atoms with Crippen molar-refractivity contribution < 1.29 is 4.42 Å². The number of nitrogens with one attached hydrogen (secondary N) is 2. The van der Waals surface area contributed by atoms with Crippen LogP contribution in [0.1, 0.15) is 11.1 Å². The third-order valence-electron chi connectivity index (χ3n) is 3.79. The summed E-state index contributed by atoms with van der Waals surface area (Å²) in [6.45, 7) is 0.739. The van der Waals surface area contributed by atoms with E-state index >= 15 is 0 Å². The summed E-state index contributed by atoms with van der Waals surface area (Å²) in [5.41, 5.74) is 13.5. The molecule has 6 nitrogen and oxygen atoms in total. The lowest BCUT2D eigenvalue weighted by atomic mass is 10.1. The van der Waals surface area contributed by atoms with Crippen molar-refractivity contribution in [1.29, 1.82) is 0 Å². The fraction of sp³-hybridized carbons (Fsp3) is 0.118. The molecule has 6 N–H and O–H groups in total. The average molecular weight is 534 g/mol. The van der Waals surface area contributed by atoms with Gasteiger partial charge in [-0.3, -0.25) is 4.79 Å². The second kappa shape index (κ2) is 9.98. The summed E-state index contributed by atoms with van der Waals surface area (Å²) in [6, 6.07) is 10.8. The highest BCUT2D eigenvalue weighted by molar-refractivity contribution is 8.93. The van der Waals surface area contributed by atoms with Crippen LogP contribution in [0.5, 0.6) is 0 Å². The zero-order chi connectivity index (χ0) is 18.0. The van der Waals surface area contributed by atoms with E-state index in [1.807, 2.05) is 12.1 Å². The van der Waals surface area contributed by atoms with Gasteiger partial charge in [-0.05, 0) is 36.6 Å². The smallest absolute Gasteiger partial charge is 0.200 e. The van der Waals surface area contributed by atoms with E-state index in [1.165, 1.54) is 0 Å². The van der Waals surface area contributed by atoms with Crippen molar-refractivity contribution in [1.82, 2.24) is 10.6 Å². The fourth-order valence-electron chi connectivity index (χ4n) is 2.66. The first kappa shape index (κ1) is 23.3. The molecule has 0 fully saturated rings. The predicted molar refractivity (Wildman–Crippen MR) is 128 cm³/mol. The zero-order valence-electron chi connectivity index (χ0n) is 14.0. The minimum absolute atomic E-state index is 0. The van der Waals surface area contributed by atoms with Crippen LogP contribution in [0.3, 0.4) is 0 Å². The summed E-state index contributed by atoms with van der Waals surface area (Å²) in [7, 11) is 0. The van der Waals surface area contributed by atoms with Crippen LogP contribution in [-0.4, -0.2) is 10.2 Å². The first-order chi connectivity index (χ1) is 12.0. The van der Waals surface area contributed by atoms with Gasteiger partial charge in [0.05, 0.1) is 10.8 Å². The Hall–Kier alpha value is -1.75. The zero-order valence-corrected chi connectivity index (χ0v) is 19.0. The summed E-state index contributed by atoms with van der Waals surface area (Å²) in [5, 5.41) is 7.14. The van der Waals surface area contributed by atoms with Crippen LogP contribution in [0.2, 0.25) is 0 Å². The molecule has 1 aromatic heterocycles. The Morgan fingerprint density at radius 2 is 1.26 bits per heavy atom. The molecule has 0 atom stereocenters. The third-order valence-corrected chi connectivity index (χ3v) is 4.08. The second-order valence-corrected chi connectivity index (χ2v) is 6.33. The highest BCUT2D eigenvalue weighted by atomic mass is 79.9. The molecule has 144 valence electrons. The Labute approximate surface area is 187 Å². The molecule has 0 saturated carbocycles. The van der Waals surface area contributed by atoms with E-state index in [1.54, 1.807) is 24.3 Å². The molecule has 0 amide bonds. The maximum Gasteiger partial charge on any atom is 0.200 e. The van der Waals surface area contributed by atoms with Crippen molar-refractivity contribution in [2.75, 3.05) is 0 Å². The number of nitrogens with two attached hydrogens (primary N) is 2. The van der Waals surface area contributed by atoms with Gasteiger partial charge in [-0.15, -0.1) is 34.0 Å². The molecular weight excluding hydrogens is 516 g/mol. The molecule has 2 aromatic carbocycles. The van der Waals surface area contributed by atoms with E-state index in [4.69, 9.17) is 40.3 Å². The van der Waals surface area contributed by atoms with Gasteiger partial charge in [0.25, 0.3) is 0 Å². The molecule has 0 aliphatic carbocycles. The van der Waals surface area contributed by atoms with Crippen LogP contribution in [-0.2, 0) is 13.1 Å². The van der Waals surface area contributed by atoms with Gasteiger partial charge in [-0.2, -0.15) is 0 Å². The molecule has 0 aliphatic heterocycles. The Kier molecular flexibility index (Phi) is 8.60. The van der Waals surface area contributed by atoms with E-state index in [2.05, 4.69) is 10.6 Å². The molecule has 0 radical (unpaired) electrons. The molecule has 0 aliphatic rings. The topological polar surface area (TPSA) is 106 Å². The molecule has 27 heavy (non-hydrogen) atoms. The van der Waals surface area contributed by atoms with Crippen LogP contribution < -0.4 is 27.5 Å². The number of hydrogen-bond acceptors (Lipinski definition) is 4. The van der Waals surface area contributed by atoms with Gasteiger partial charge in [-0.25, -0.2) is 0 Å². The maximum absolute atomic E-state index is 12.9. The van der Waals surface area contributed by atoms with Crippen molar-refractivity contribution in [3.05, 3.63) is 57.7 Å². The first-order valence-corrected chi connectivity index (χ1v) is 8.32. The van der Waals surface area contributed by atoms with E-state index in [-0.39, 0.29) is 49.6 Å². The summed E-state index contributed by atoms with van der Waals surface area (Å²) >= 11 is 9.68. The highest BCUT2D eigenvalue weighted by Crippen LogP contribution is 2.24. The highest BCUT2D eigenvalue weighted by Gasteiger charge is 2.13. The maximum atomic E-state index is 12.9. The number of benzene rings is 2. The number of fused-ring (bicyclic) bond motifs is 2. The molecule has 0 bridgehead atoms.